The molecule has 3 N–H and O–H groups in total. The molecule has 10 heavy (non-hydrogen) atoms. The summed E-state index contributed by atoms with van der Waals surface area (Å²) in [5.41, 5.74) is 4.55. The maximum atomic E-state index is 9.78. The summed E-state index contributed by atoms with van der Waals surface area (Å²) in [6, 6.07) is 0. The average Bonchev–Trinajstić information content (AvgIpc) is 1.89. The Morgan fingerprint density at radius 2 is 1.70 bits per heavy atom. The molecule has 0 saturated carbocycles. The van der Waals surface area contributed by atoms with Crippen molar-refractivity contribution < 1.29 is 14.7 Å². The Labute approximate surface area is 58.6 Å². The fourth-order valence-corrected chi connectivity index (χ4v) is 0.153. The lowest BCUT2D eigenvalue weighted by Crippen LogP contribution is -2.06. The van der Waals surface area contributed by atoms with Crippen LogP contribution in [0.4, 0.5) is 0 Å². The first-order valence-corrected chi connectivity index (χ1v) is 2.33. The highest BCUT2D eigenvalue weighted by atomic mass is 16.4. The molecule has 0 atom stereocenters. The van der Waals surface area contributed by atoms with Crippen molar-refractivity contribution in [1.82, 2.24) is 0 Å². The molecule has 0 unspecified atom stereocenters. The topological polar surface area (TPSA) is 80.4 Å². The van der Waals surface area contributed by atoms with Crippen LogP contribution >= 0.6 is 0 Å². The molecule has 0 aromatic rings. The van der Waals surface area contributed by atoms with Crippen LogP contribution in [0.15, 0.2) is 25.3 Å². The third kappa shape index (κ3) is 16.1. The van der Waals surface area contributed by atoms with Gasteiger partial charge in [0, 0.05) is 12.2 Å². The molecule has 0 spiro atoms. The van der Waals surface area contributed by atoms with Crippen molar-refractivity contribution in [3.05, 3.63) is 25.3 Å². The van der Waals surface area contributed by atoms with Gasteiger partial charge in [0.05, 0.1) is 0 Å². The first kappa shape index (κ1) is 11.2. The number of carboxylic acid groups (broad SMARTS) is 1. The van der Waals surface area contributed by atoms with E-state index in [2.05, 4.69) is 18.9 Å². The van der Waals surface area contributed by atoms with Crippen molar-refractivity contribution in [2.24, 2.45) is 5.73 Å². The van der Waals surface area contributed by atoms with Gasteiger partial charge < -0.3 is 10.8 Å². The van der Waals surface area contributed by atoms with Crippen LogP contribution in [0.25, 0.3) is 0 Å². The Kier molecular flexibility index (Phi) is 8.35. The number of hydrogen-bond acceptors (Lipinski definition) is 2. The number of rotatable bonds is 2. The van der Waals surface area contributed by atoms with Crippen molar-refractivity contribution in [3.8, 4) is 0 Å². The van der Waals surface area contributed by atoms with Crippen LogP contribution in [0, 0.1) is 0 Å². The Bertz CT molecular complexity index is 135. The first-order valence-electron chi connectivity index (χ1n) is 2.33. The Hall–Kier alpha value is -1.58. The van der Waals surface area contributed by atoms with Gasteiger partial charge in [0.15, 0.2) is 0 Å². The number of aliphatic carboxylic acids is 1. The molecule has 56 valence electrons. The predicted molar refractivity (Wildman–Crippen MR) is 37.2 cm³/mol. The lowest BCUT2D eigenvalue weighted by atomic mass is 10.5. The fraction of sp³-hybridized carbons (Fsp3) is 0. The molecule has 0 aliphatic rings. The van der Waals surface area contributed by atoms with Crippen molar-refractivity contribution in [2.75, 3.05) is 0 Å². The van der Waals surface area contributed by atoms with Crippen molar-refractivity contribution in [1.29, 1.82) is 0 Å². The number of primary amides is 1. The average molecular weight is 143 g/mol. The molecule has 0 heterocycles. The van der Waals surface area contributed by atoms with E-state index in [0.717, 1.165) is 6.08 Å². The van der Waals surface area contributed by atoms with E-state index in [4.69, 9.17) is 5.11 Å². The maximum absolute atomic E-state index is 9.78. The van der Waals surface area contributed by atoms with E-state index >= 15 is 0 Å². The van der Waals surface area contributed by atoms with Gasteiger partial charge in [0.25, 0.3) is 0 Å². The van der Waals surface area contributed by atoms with Gasteiger partial charge in [0.2, 0.25) is 5.91 Å². The van der Waals surface area contributed by atoms with Crippen molar-refractivity contribution in [3.63, 3.8) is 0 Å². The van der Waals surface area contributed by atoms with E-state index in [9.17, 15) is 9.59 Å². The van der Waals surface area contributed by atoms with E-state index in [1.807, 2.05) is 0 Å². The molecule has 0 aromatic carbocycles. The Morgan fingerprint density at radius 1 is 1.30 bits per heavy atom. The summed E-state index contributed by atoms with van der Waals surface area (Å²) in [4.78, 5) is 19.4. The number of nitrogens with two attached hydrogens (primary N) is 1. The monoisotopic (exact) mass is 143 g/mol. The number of amides is 1. The minimum Gasteiger partial charge on any atom is -0.478 e. The Morgan fingerprint density at radius 3 is 1.80 bits per heavy atom. The molecule has 0 aliphatic carbocycles. The smallest absolute Gasteiger partial charge is 0.328 e. The van der Waals surface area contributed by atoms with Crippen LogP contribution in [0.1, 0.15) is 0 Å². The van der Waals surface area contributed by atoms with Crippen molar-refractivity contribution >= 4 is 11.9 Å². The van der Waals surface area contributed by atoms with Crippen LogP contribution in [-0.4, -0.2) is 17.0 Å². The fourth-order valence-electron chi connectivity index (χ4n) is 0.153. The second-order valence-electron chi connectivity index (χ2n) is 1.07. The molecular weight excluding hydrogens is 134 g/mol. The van der Waals surface area contributed by atoms with Gasteiger partial charge in [-0.2, -0.15) is 0 Å². The highest BCUT2D eigenvalue weighted by Crippen LogP contribution is 1.68. The standard InChI is InChI=1S/C4H5NO3.C2H4/c5-3(6)1-2-4(7)8;1-2/h1-2H,(H2,5,6)(H,7,8);1-2H2/b2-1-;. The molecule has 1 amide bonds. The SMILES string of the molecule is C=C.NC(=O)/C=C\C(=O)O. The van der Waals surface area contributed by atoms with E-state index in [-0.39, 0.29) is 0 Å². The summed E-state index contributed by atoms with van der Waals surface area (Å²) in [6.45, 7) is 6.00. The van der Waals surface area contributed by atoms with Gasteiger partial charge in [-0.3, -0.25) is 4.79 Å². The number of hydrogen-bond donors (Lipinski definition) is 2. The number of carboxylic acids is 1. The summed E-state index contributed by atoms with van der Waals surface area (Å²) in [6.07, 6.45) is 1.46. The second kappa shape index (κ2) is 7.42. The summed E-state index contributed by atoms with van der Waals surface area (Å²) in [7, 11) is 0. The molecule has 4 heteroatoms. The molecule has 0 bridgehead atoms. The van der Waals surface area contributed by atoms with Gasteiger partial charge in [-0.05, 0) is 0 Å². The summed E-state index contributed by atoms with van der Waals surface area (Å²) in [5, 5.41) is 7.87. The van der Waals surface area contributed by atoms with Crippen LogP contribution in [0.5, 0.6) is 0 Å². The van der Waals surface area contributed by atoms with Crippen LogP contribution in [-0.2, 0) is 9.59 Å². The van der Waals surface area contributed by atoms with Gasteiger partial charge >= 0.3 is 5.97 Å². The lowest BCUT2D eigenvalue weighted by molar-refractivity contribution is -0.131. The molecule has 0 saturated heterocycles. The first-order chi connectivity index (χ1) is 4.63. The quantitative estimate of drug-likeness (QED) is 0.419. The van der Waals surface area contributed by atoms with Crippen molar-refractivity contribution in [2.45, 2.75) is 0 Å². The minimum absolute atomic E-state index is 0.683. The second-order valence-corrected chi connectivity index (χ2v) is 1.07. The van der Waals surface area contributed by atoms with Gasteiger partial charge in [0.1, 0.15) is 0 Å². The highest BCUT2D eigenvalue weighted by molar-refractivity contribution is 5.92. The zero-order chi connectivity index (χ0) is 8.57. The molecule has 0 fully saturated rings. The minimum atomic E-state index is -1.18. The van der Waals surface area contributed by atoms with Crippen LogP contribution < -0.4 is 5.73 Å². The number of carbonyl (C=O) groups excluding carboxylic acids is 1. The van der Waals surface area contributed by atoms with Gasteiger partial charge in [-0.15, -0.1) is 13.2 Å². The maximum Gasteiger partial charge on any atom is 0.328 e. The van der Waals surface area contributed by atoms with Gasteiger partial charge in [-0.25, -0.2) is 4.79 Å². The van der Waals surface area contributed by atoms with E-state index < -0.39 is 11.9 Å². The molecule has 0 radical (unpaired) electrons. The van der Waals surface area contributed by atoms with Crippen LogP contribution in [0.3, 0.4) is 0 Å². The summed E-state index contributed by atoms with van der Waals surface area (Å²) < 4.78 is 0. The van der Waals surface area contributed by atoms with Gasteiger partial charge in [-0.1, -0.05) is 0 Å². The third-order valence-corrected chi connectivity index (χ3v) is 0.390. The summed E-state index contributed by atoms with van der Waals surface area (Å²) >= 11 is 0. The van der Waals surface area contributed by atoms with E-state index in [1.54, 1.807) is 0 Å². The van der Waals surface area contributed by atoms with Crippen LogP contribution in [0.2, 0.25) is 0 Å². The lowest BCUT2D eigenvalue weighted by Gasteiger charge is -1.75. The molecule has 0 aliphatic heterocycles. The number of carbonyl (C=O) groups is 2. The van der Waals surface area contributed by atoms with E-state index in [0.29, 0.717) is 6.08 Å². The zero-order valence-corrected chi connectivity index (χ0v) is 5.41. The molecule has 0 aromatic heterocycles. The predicted octanol–water partition coefficient (Wildman–Crippen LogP) is -0.0853. The molecule has 4 nitrogen and oxygen atoms in total. The molecular formula is C6H9NO3. The zero-order valence-electron chi connectivity index (χ0n) is 5.41. The largest absolute Gasteiger partial charge is 0.478 e. The van der Waals surface area contributed by atoms with E-state index in [1.165, 1.54) is 0 Å². The third-order valence-electron chi connectivity index (χ3n) is 0.390. The normalized spacial score (nSPS) is 8.00. The summed E-state index contributed by atoms with van der Waals surface area (Å²) in [5.74, 6) is -1.93. The Balaban J connectivity index is 0. The molecule has 0 rings (SSSR count). The highest BCUT2D eigenvalue weighted by Gasteiger charge is 1.86.